The van der Waals surface area contributed by atoms with E-state index in [9.17, 15) is 32.8 Å². The molecule has 99 heavy (non-hydrogen) atoms. The molecule has 0 fully saturated rings. The molecule has 0 aliphatic rings. The summed E-state index contributed by atoms with van der Waals surface area (Å²) in [5.41, 5.74) is 11.7. The van der Waals surface area contributed by atoms with Gasteiger partial charge >= 0.3 is 0 Å². The molecule has 5 radical (unpaired) electrons. The van der Waals surface area contributed by atoms with E-state index in [1.54, 1.807) is 86.3 Å². The predicted molar refractivity (Wildman–Crippen MR) is 373 cm³/mol. The van der Waals surface area contributed by atoms with Gasteiger partial charge in [0, 0.05) is 177 Å². The quantitative estimate of drug-likeness (QED) is 0.0806. The van der Waals surface area contributed by atoms with Crippen LogP contribution in [0.3, 0.4) is 0 Å². The van der Waals surface area contributed by atoms with Crippen molar-refractivity contribution in [3.05, 3.63) is 380 Å². The average Bonchev–Trinajstić information content (AvgIpc) is 0.859. The van der Waals surface area contributed by atoms with Gasteiger partial charge in [0.25, 0.3) is 0 Å². The summed E-state index contributed by atoms with van der Waals surface area (Å²) in [6.07, 6.45) is 8.09. The molecule has 523 valence electrons. The van der Waals surface area contributed by atoms with Gasteiger partial charge in [0.05, 0.1) is 0 Å². The predicted octanol–water partition coefficient (Wildman–Crippen LogP) is 19.0. The molecule has 0 saturated heterocycles. The normalized spacial score (nSPS) is 9.20. The first-order chi connectivity index (χ1) is 43.2. The van der Waals surface area contributed by atoms with Gasteiger partial charge in [0.1, 0.15) is 5.78 Å². The van der Waals surface area contributed by atoms with E-state index in [1.807, 2.05) is 172 Å². The zero-order valence-corrected chi connectivity index (χ0v) is 67.6. The molecule has 5 heterocycles. The molecule has 0 aliphatic carbocycles. The first-order valence-corrected chi connectivity index (χ1v) is 28.0. The largest absolute Gasteiger partial charge is 0.358 e. The number of hydrogen-bond donors (Lipinski definition) is 0. The van der Waals surface area contributed by atoms with Gasteiger partial charge in [-0.25, -0.2) is 0 Å². The third-order valence-electron chi connectivity index (χ3n) is 13.1. The molecular formula is C82H71F2Ir5N5O5-10. The number of nitrogens with zero attached hydrogens (tertiary/aromatic N) is 5. The summed E-state index contributed by atoms with van der Waals surface area (Å²) in [5, 5.41) is 0. The second kappa shape index (κ2) is 49.3. The van der Waals surface area contributed by atoms with E-state index >= 15 is 0 Å². The monoisotopic (exact) mass is 2210 g/mol. The minimum absolute atomic E-state index is 0. The van der Waals surface area contributed by atoms with Crippen molar-refractivity contribution in [1.29, 1.82) is 0 Å². The van der Waals surface area contributed by atoms with E-state index in [2.05, 4.69) is 55.3 Å². The van der Waals surface area contributed by atoms with E-state index in [0.717, 1.165) is 57.2 Å². The van der Waals surface area contributed by atoms with E-state index < -0.39 is 11.6 Å². The van der Waals surface area contributed by atoms with E-state index in [-0.39, 0.29) is 178 Å². The molecule has 0 N–H and O–H groups in total. The van der Waals surface area contributed by atoms with Crippen molar-refractivity contribution in [3.8, 4) is 56.3 Å². The minimum Gasteiger partial charge on any atom is -0.358 e. The minimum atomic E-state index is -0.741. The standard InChI is InChI=1S/C18H10F2NO.C18H12NO.C15H14NO.2C13H10NO.5CH3.5Ir/c19-14-7-8-15(16(20)10-14)17-9-6-13(11-21-17)18(22)12-4-2-1-3-5-12;20-18(15-6-2-1-3-7-15)16-11-9-14(10-12-16)17-8-4-5-13-19-17;1-11(2)15(17)13-8-9-14(16-10-13)12-6-4-3-5-7-12;1-10(15)11-5-7-12(8-6-11)13-4-2-3-9-14-13;1-10(15)12-7-8-13(14-9-12)11-5-3-2-4-6-11;;;;;;;;;;/h1-7,9-11H;1-9,11-13H;3-6,8-11H,1-2H3;2-7,9H,1H3;2-5,7-9H,1H3;5*1H3;;;;;/q10*-1;;;;;. The second-order valence-electron chi connectivity index (χ2n) is 19.8. The summed E-state index contributed by atoms with van der Waals surface area (Å²) in [7, 11) is 0. The van der Waals surface area contributed by atoms with Crippen LogP contribution in [0.1, 0.15) is 90.6 Å². The van der Waals surface area contributed by atoms with Crippen molar-refractivity contribution in [2.45, 2.75) is 27.7 Å². The smallest absolute Gasteiger partial charge is 0.194 e. The molecule has 0 saturated carbocycles. The van der Waals surface area contributed by atoms with Gasteiger partial charge in [-0.15, -0.1) is 144 Å². The maximum Gasteiger partial charge on any atom is 0.194 e. The van der Waals surface area contributed by atoms with Crippen molar-refractivity contribution in [3.63, 3.8) is 0 Å². The van der Waals surface area contributed by atoms with E-state index in [0.29, 0.717) is 44.6 Å². The van der Waals surface area contributed by atoms with Gasteiger partial charge in [0.2, 0.25) is 0 Å². The molecule has 12 aromatic rings. The summed E-state index contributed by atoms with van der Waals surface area (Å²) < 4.78 is 26.6. The van der Waals surface area contributed by atoms with Crippen LogP contribution in [0, 0.1) is 85.0 Å². The van der Waals surface area contributed by atoms with Crippen molar-refractivity contribution >= 4 is 28.9 Å². The Morgan fingerprint density at radius 2 is 0.717 bits per heavy atom. The summed E-state index contributed by atoms with van der Waals surface area (Å²) in [6.45, 7) is 6.86. The summed E-state index contributed by atoms with van der Waals surface area (Å²) in [5.74, 6) is -1.37. The fourth-order valence-electron chi connectivity index (χ4n) is 8.30. The van der Waals surface area contributed by atoms with Crippen LogP contribution in [0.5, 0.6) is 0 Å². The first kappa shape index (κ1) is 94.9. The Morgan fingerprint density at radius 3 is 1.08 bits per heavy atom. The molecule has 0 atom stereocenters. The van der Waals surface area contributed by atoms with Crippen LogP contribution in [0.4, 0.5) is 8.78 Å². The van der Waals surface area contributed by atoms with Gasteiger partial charge in [-0.1, -0.05) is 158 Å². The van der Waals surface area contributed by atoms with Crippen molar-refractivity contribution < 1.29 is 133 Å². The van der Waals surface area contributed by atoms with Gasteiger partial charge in [-0.3, -0.25) is 28.0 Å². The first-order valence-electron chi connectivity index (χ1n) is 28.0. The number of pyridine rings is 5. The van der Waals surface area contributed by atoms with Crippen LogP contribution in [-0.2, 0) is 101 Å². The van der Waals surface area contributed by atoms with Gasteiger partial charge in [-0.2, -0.15) is 0 Å². The van der Waals surface area contributed by atoms with Crippen LogP contribution in [0.25, 0.3) is 56.3 Å². The van der Waals surface area contributed by atoms with Crippen LogP contribution in [0.15, 0.2) is 262 Å². The Balaban J connectivity index is -0.00000114. The third-order valence-corrected chi connectivity index (χ3v) is 13.1. The molecule has 17 heteroatoms. The molecule has 5 aromatic heterocycles. The number of Topliss-reactive ketones (excluding diaryl/α,β-unsaturated/α-hetero) is 3. The molecule has 0 bridgehead atoms. The third kappa shape index (κ3) is 28.9. The topological polar surface area (TPSA) is 150 Å². The van der Waals surface area contributed by atoms with Crippen molar-refractivity contribution in [1.82, 2.24) is 24.9 Å². The number of carbonyl (C=O) groups is 5. The molecular weight excluding hydrogens is 2130 g/mol. The maximum atomic E-state index is 13.7. The number of hydrogen-bond acceptors (Lipinski definition) is 10. The Bertz CT molecular complexity index is 4160. The zero-order valence-electron chi connectivity index (χ0n) is 55.6. The SMILES string of the molecule is CC(=O)c1c[c-]c(-c2ccccn2)cc1.CC(=O)c1ccc(-c2[c-]cccc2)nc1.CC(C)C(=O)c1ccc(-c2[c-]cccc2)nc1.O=C(c1c[c-]c(-c2ccccn2)cc1)c1ccccc1.O=C(c1ccccc1)c1ccc(-c2[c-]cc(F)cc2F)nc1.[CH3-].[CH3-].[CH3-].[CH3-].[CH3-].[Ir].[Ir].[Ir].[Ir].[Ir]. The van der Waals surface area contributed by atoms with E-state index in [4.69, 9.17) is 0 Å². The number of benzene rings is 7. The number of carbonyl (C=O) groups excluding carboxylic acids is 5. The zero-order chi connectivity index (χ0) is 62.9. The molecule has 0 amide bonds. The Labute approximate surface area is 650 Å². The average molecular weight is 2210 g/mol. The number of aromatic nitrogens is 5. The van der Waals surface area contributed by atoms with Crippen LogP contribution in [-0.4, -0.2) is 53.8 Å². The molecule has 0 unspecified atom stereocenters. The maximum absolute atomic E-state index is 13.7. The number of rotatable bonds is 13. The Kier molecular flexibility index (Phi) is 47.3. The molecule has 12 rings (SSSR count). The van der Waals surface area contributed by atoms with Gasteiger partial charge < -0.3 is 66.8 Å². The fraction of sp³-hybridized carbons (Fsp3) is 0.0610. The Hall–Kier alpha value is -8.25. The van der Waals surface area contributed by atoms with Crippen molar-refractivity contribution in [2.75, 3.05) is 0 Å². The number of halogens is 2. The molecule has 7 aromatic carbocycles. The van der Waals surface area contributed by atoms with Crippen LogP contribution < -0.4 is 0 Å². The molecule has 10 nitrogen and oxygen atoms in total. The van der Waals surface area contributed by atoms with Crippen LogP contribution in [0.2, 0.25) is 0 Å². The fourth-order valence-corrected chi connectivity index (χ4v) is 8.30. The van der Waals surface area contributed by atoms with Gasteiger partial charge in [-0.05, 0) is 54.4 Å². The second-order valence-corrected chi connectivity index (χ2v) is 19.8. The number of ketones is 5. The summed E-state index contributed by atoms with van der Waals surface area (Å²) in [4.78, 5) is 79.4. The molecule has 0 spiro atoms. The van der Waals surface area contributed by atoms with Crippen molar-refractivity contribution in [2.24, 2.45) is 5.92 Å². The summed E-state index contributed by atoms with van der Waals surface area (Å²) in [6, 6.07) is 82.6. The van der Waals surface area contributed by atoms with Crippen LogP contribution >= 0.6 is 0 Å². The Morgan fingerprint density at radius 1 is 0.343 bits per heavy atom. The van der Waals surface area contributed by atoms with E-state index in [1.165, 1.54) is 19.2 Å². The van der Waals surface area contributed by atoms with Gasteiger partial charge in [0.15, 0.2) is 23.1 Å². The molecule has 0 aliphatic heterocycles. The summed E-state index contributed by atoms with van der Waals surface area (Å²) >= 11 is 0.